The number of rotatable bonds is 3. The highest BCUT2D eigenvalue weighted by molar-refractivity contribution is 6.42. The molecule has 1 aromatic rings. The van der Waals surface area contributed by atoms with E-state index in [0.717, 1.165) is 25.9 Å². The third-order valence-corrected chi connectivity index (χ3v) is 3.99. The van der Waals surface area contributed by atoms with E-state index in [1.54, 1.807) is 18.2 Å². The second kappa shape index (κ2) is 5.91. The number of aliphatic carboxylic acids is 1. The van der Waals surface area contributed by atoms with E-state index in [2.05, 4.69) is 0 Å². The average Bonchev–Trinajstić information content (AvgIpc) is 2.35. The van der Waals surface area contributed by atoms with Crippen LogP contribution >= 0.6 is 23.2 Å². The predicted octanol–water partition coefficient (Wildman–Crippen LogP) is 3.61. The summed E-state index contributed by atoms with van der Waals surface area (Å²) in [6, 6.07) is 4.41. The maximum Gasteiger partial charge on any atom is 0.325 e. The Hall–Kier alpha value is -0.770. The number of benzene rings is 1. The van der Waals surface area contributed by atoms with Gasteiger partial charge in [0.2, 0.25) is 0 Å². The fourth-order valence-electron chi connectivity index (χ4n) is 2.37. The van der Waals surface area contributed by atoms with Gasteiger partial charge in [-0.3, -0.25) is 9.69 Å². The molecule has 0 bridgehead atoms. The zero-order valence-electron chi connectivity index (χ0n) is 9.90. The number of likely N-dealkylation sites (tertiary alicyclic amines) is 1. The first-order valence-corrected chi connectivity index (χ1v) is 6.77. The molecule has 0 radical (unpaired) electrons. The van der Waals surface area contributed by atoms with E-state index in [4.69, 9.17) is 23.2 Å². The van der Waals surface area contributed by atoms with E-state index in [0.29, 0.717) is 15.6 Å². The second-order valence-electron chi connectivity index (χ2n) is 4.51. The van der Waals surface area contributed by atoms with Gasteiger partial charge in [0.1, 0.15) is 6.04 Å². The molecule has 98 valence electrons. The van der Waals surface area contributed by atoms with Gasteiger partial charge in [-0.25, -0.2) is 0 Å². The molecule has 1 aliphatic rings. The van der Waals surface area contributed by atoms with Crippen LogP contribution in [0, 0.1) is 0 Å². The first-order chi connectivity index (χ1) is 8.59. The predicted molar refractivity (Wildman–Crippen MR) is 72.3 cm³/mol. The highest BCUT2D eigenvalue weighted by Crippen LogP contribution is 2.30. The van der Waals surface area contributed by atoms with Crippen LogP contribution in [0.2, 0.25) is 10.0 Å². The van der Waals surface area contributed by atoms with E-state index in [9.17, 15) is 9.90 Å². The minimum atomic E-state index is -0.838. The van der Waals surface area contributed by atoms with Crippen LogP contribution < -0.4 is 0 Å². The third-order valence-electron chi connectivity index (χ3n) is 3.25. The minimum Gasteiger partial charge on any atom is -0.480 e. The van der Waals surface area contributed by atoms with Crippen LogP contribution in [-0.2, 0) is 4.79 Å². The van der Waals surface area contributed by atoms with Gasteiger partial charge in [0, 0.05) is 0 Å². The van der Waals surface area contributed by atoms with Gasteiger partial charge in [-0.05, 0) is 43.6 Å². The molecule has 1 heterocycles. The SMILES string of the molecule is O=C(O)[C@H](c1ccc(Cl)c(Cl)c1)N1CCCCC1. The molecular weight excluding hydrogens is 273 g/mol. The lowest BCUT2D eigenvalue weighted by Gasteiger charge is -2.32. The number of hydrogen-bond donors (Lipinski definition) is 1. The largest absolute Gasteiger partial charge is 0.480 e. The normalized spacial score (nSPS) is 18.6. The zero-order valence-corrected chi connectivity index (χ0v) is 11.4. The van der Waals surface area contributed by atoms with Gasteiger partial charge in [0.05, 0.1) is 10.0 Å². The Morgan fingerprint density at radius 1 is 1.17 bits per heavy atom. The summed E-state index contributed by atoms with van der Waals surface area (Å²) in [6.45, 7) is 1.63. The molecule has 0 aliphatic carbocycles. The van der Waals surface area contributed by atoms with Crippen molar-refractivity contribution in [3.63, 3.8) is 0 Å². The fourth-order valence-corrected chi connectivity index (χ4v) is 2.68. The van der Waals surface area contributed by atoms with Gasteiger partial charge in [-0.15, -0.1) is 0 Å². The van der Waals surface area contributed by atoms with E-state index >= 15 is 0 Å². The minimum absolute atomic E-state index is 0.400. The Bertz CT molecular complexity index is 445. The lowest BCUT2D eigenvalue weighted by molar-refractivity contribution is -0.144. The van der Waals surface area contributed by atoms with E-state index < -0.39 is 12.0 Å². The Kier molecular flexibility index (Phi) is 4.49. The van der Waals surface area contributed by atoms with Gasteiger partial charge in [-0.1, -0.05) is 35.7 Å². The Labute approximate surface area is 116 Å². The number of hydrogen-bond acceptors (Lipinski definition) is 2. The van der Waals surface area contributed by atoms with E-state index in [1.165, 1.54) is 6.42 Å². The number of carboxylic acids is 1. The van der Waals surface area contributed by atoms with Crippen molar-refractivity contribution in [1.82, 2.24) is 4.90 Å². The van der Waals surface area contributed by atoms with Gasteiger partial charge in [-0.2, -0.15) is 0 Å². The average molecular weight is 288 g/mol. The van der Waals surface area contributed by atoms with Gasteiger partial charge < -0.3 is 5.11 Å². The first kappa shape index (κ1) is 13.7. The summed E-state index contributed by atoms with van der Waals surface area (Å²) in [6.07, 6.45) is 3.26. The molecule has 18 heavy (non-hydrogen) atoms. The molecule has 1 fully saturated rings. The molecule has 1 atom stereocenters. The number of piperidine rings is 1. The molecule has 1 aromatic carbocycles. The van der Waals surface area contributed by atoms with Crippen molar-refractivity contribution in [2.75, 3.05) is 13.1 Å². The topological polar surface area (TPSA) is 40.5 Å². The highest BCUT2D eigenvalue weighted by Gasteiger charge is 2.28. The van der Waals surface area contributed by atoms with Gasteiger partial charge in [0.15, 0.2) is 0 Å². The monoisotopic (exact) mass is 287 g/mol. The van der Waals surface area contributed by atoms with Crippen LogP contribution in [-0.4, -0.2) is 29.1 Å². The standard InChI is InChI=1S/C13H15Cl2NO2/c14-10-5-4-9(8-11(10)15)12(13(17)18)16-6-2-1-3-7-16/h4-5,8,12H,1-3,6-7H2,(H,17,18)/t12-/m0/s1. The van der Waals surface area contributed by atoms with Crippen LogP contribution in [0.3, 0.4) is 0 Å². The molecule has 1 N–H and O–H groups in total. The van der Waals surface area contributed by atoms with Crippen molar-refractivity contribution in [1.29, 1.82) is 0 Å². The van der Waals surface area contributed by atoms with Crippen LogP contribution in [0.5, 0.6) is 0 Å². The van der Waals surface area contributed by atoms with Gasteiger partial charge >= 0.3 is 5.97 Å². The zero-order chi connectivity index (χ0) is 13.1. The molecule has 3 nitrogen and oxygen atoms in total. The molecule has 0 aromatic heterocycles. The number of nitrogens with zero attached hydrogens (tertiary/aromatic N) is 1. The lowest BCUT2D eigenvalue weighted by Crippen LogP contribution is -2.37. The van der Waals surface area contributed by atoms with Crippen molar-refractivity contribution < 1.29 is 9.90 Å². The summed E-state index contributed by atoms with van der Waals surface area (Å²) in [5.41, 5.74) is 0.693. The fraction of sp³-hybridized carbons (Fsp3) is 0.462. The molecule has 0 spiro atoms. The molecule has 0 amide bonds. The maximum absolute atomic E-state index is 11.5. The molecule has 5 heteroatoms. The number of carboxylic acid groups (broad SMARTS) is 1. The summed E-state index contributed by atoms with van der Waals surface area (Å²) in [7, 11) is 0. The van der Waals surface area contributed by atoms with Crippen molar-refractivity contribution in [3.05, 3.63) is 33.8 Å². The van der Waals surface area contributed by atoms with E-state index in [-0.39, 0.29) is 0 Å². The summed E-state index contributed by atoms with van der Waals surface area (Å²) < 4.78 is 0. The third kappa shape index (κ3) is 2.97. The highest BCUT2D eigenvalue weighted by atomic mass is 35.5. The van der Waals surface area contributed by atoms with Crippen LogP contribution in [0.4, 0.5) is 0 Å². The molecule has 1 saturated heterocycles. The van der Waals surface area contributed by atoms with E-state index in [1.807, 2.05) is 4.90 Å². The summed E-state index contributed by atoms with van der Waals surface area (Å²) in [5, 5.41) is 10.3. The Balaban J connectivity index is 2.28. The second-order valence-corrected chi connectivity index (χ2v) is 5.33. The van der Waals surface area contributed by atoms with Gasteiger partial charge in [0.25, 0.3) is 0 Å². The Morgan fingerprint density at radius 2 is 1.83 bits per heavy atom. The lowest BCUT2D eigenvalue weighted by atomic mass is 10.0. The smallest absolute Gasteiger partial charge is 0.325 e. The molecule has 0 unspecified atom stereocenters. The number of halogens is 2. The van der Waals surface area contributed by atoms with Crippen LogP contribution in [0.25, 0.3) is 0 Å². The molecular formula is C13H15Cl2NO2. The van der Waals surface area contributed by atoms with Crippen LogP contribution in [0.15, 0.2) is 18.2 Å². The van der Waals surface area contributed by atoms with Crippen molar-refractivity contribution in [3.8, 4) is 0 Å². The van der Waals surface area contributed by atoms with Crippen molar-refractivity contribution in [2.24, 2.45) is 0 Å². The van der Waals surface area contributed by atoms with Crippen molar-refractivity contribution >= 4 is 29.2 Å². The number of carbonyl (C=O) groups is 1. The summed E-state index contributed by atoms with van der Waals surface area (Å²) in [4.78, 5) is 13.5. The van der Waals surface area contributed by atoms with Crippen LogP contribution in [0.1, 0.15) is 30.9 Å². The first-order valence-electron chi connectivity index (χ1n) is 6.01. The summed E-state index contributed by atoms with van der Waals surface area (Å²) >= 11 is 11.8. The van der Waals surface area contributed by atoms with Crippen molar-refractivity contribution in [2.45, 2.75) is 25.3 Å². The summed E-state index contributed by atoms with van der Waals surface area (Å²) in [5.74, 6) is -0.838. The maximum atomic E-state index is 11.5. The quantitative estimate of drug-likeness (QED) is 0.923. The Morgan fingerprint density at radius 3 is 2.39 bits per heavy atom. The molecule has 1 aliphatic heterocycles. The molecule has 2 rings (SSSR count). The molecule has 0 saturated carbocycles.